The fourth-order valence-electron chi connectivity index (χ4n) is 1.26. The van der Waals surface area contributed by atoms with Crippen LogP contribution in [-0.2, 0) is 5.54 Å². The van der Waals surface area contributed by atoms with Gasteiger partial charge in [-0.05, 0) is 32.0 Å². The first-order chi connectivity index (χ1) is 7.88. The number of hydrogen-bond donors (Lipinski definition) is 1. The van der Waals surface area contributed by atoms with Crippen LogP contribution in [0.25, 0.3) is 11.5 Å². The maximum Gasteiger partial charge on any atom is 0.261 e. The lowest BCUT2D eigenvalue weighted by molar-refractivity contribution is 0.395. The molecule has 4 nitrogen and oxygen atoms in total. The number of hydrogen-bond acceptors (Lipinski definition) is 4. The van der Waals surface area contributed by atoms with Gasteiger partial charge in [-0.25, -0.2) is 8.78 Å². The highest BCUT2D eigenvalue weighted by Gasteiger charge is 2.23. The van der Waals surface area contributed by atoms with Crippen LogP contribution in [0.4, 0.5) is 8.78 Å². The summed E-state index contributed by atoms with van der Waals surface area (Å²) in [5.74, 6) is -1.06. The van der Waals surface area contributed by atoms with E-state index < -0.39 is 17.2 Å². The summed E-state index contributed by atoms with van der Waals surface area (Å²) in [6.07, 6.45) is 0. The Morgan fingerprint density at radius 3 is 2.59 bits per heavy atom. The smallest absolute Gasteiger partial charge is 0.261 e. The average molecular weight is 239 g/mol. The first kappa shape index (κ1) is 11.7. The predicted molar refractivity (Wildman–Crippen MR) is 56.9 cm³/mol. The standard InChI is InChI=1S/C11H11F2N3O/c1-11(2,14)10-15-9(17-16-10)7-5-6(12)3-4-8(7)13/h3-5H,14H2,1-2H3. The molecule has 17 heavy (non-hydrogen) atoms. The maximum absolute atomic E-state index is 13.4. The Morgan fingerprint density at radius 1 is 1.29 bits per heavy atom. The number of rotatable bonds is 2. The Kier molecular flexibility index (Phi) is 2.66. The quantitative estimate of drug-likeness (QED) is 0.872. The van der Waals surface area contributed by atoms with Gasteiger partial charge in [0.2, 0.25) is 0 Å². The molecular weight excluding hydrogens is 228 g/mol. The van der Waals surface area contributed by atoms with Crippen LogP contribution >= 0.6 is 0 Å². The summed E-state index contributed by atoms with van der Waals surface area (Å²) in [7, 11) is 0. The lowest BCUT2D eigenvalue weighted by Gasteiger charge is -2.11. The molecule has 0 bridgehead atoms. The van der Waals surface area contributed by atoms with Crippen molar-refractivity contribution in [2.45, 2.75) is 19.4 Å². The molecule has 0 aliphatic carbocycles. The monoisotopic (exact) mass is 239 g/mol. The second-order valence-electron chi connectivity index (χ2n) is 4.27. The van der Waals surface area contributed by atoms with Crippen molar-refractivity contribution in [3.05, 3.63) is 35.7 Å². The predicted octanol–water partition coefficient (Wildman–Crippen LogP) is 2.21. The second-order valence-corrected chi connectivity index (χ2v) is 4.27. The van der Waals surface area contributed by atoms with E-state index in [4.69, 9.17) is 10.3 Å². The van der Waals surface area contributed by atoms with Crippen LogP contribution in [0.2, 0.25) is 0 Å². The molecule has 0 saturated carbocycles. The lowest BCUT2D eigenvalue weighted by Crippen LogP contribution is -2.30. The van der Waals surface area contributed by atoms with E-state index in [2.05, 4.69) is 10.1 Å². The molecule has 0 aliphatic heterocycles. The van der Waals surface area contributed by atoms with Crippen LogP contribution in [0.3, 0.4) is 0 Å². The topological polar surface area (TPSA) is 64.9 Å². The first-order valence-corrected chi connectivity index (χ1v) is 4.96. The molecule has 0 atom stereocenters. The minimum absolute atomic E-state index is 0.0759. The maximum atomic E-state index is 13.4. The first-order valence-electron chi connectivity index (χ1n) is 4.96. The summed E-state index contributed by atoms with van der Waals surface area (Å²) >= 11 is 0. The molecule has 0 unspecified atom stereocenters. The zero-order valence-electron chi connectivity index (χ0n) is 9.37. The number of benzene rings is 1. The van der Waals surface area contributed by atoms with E-state index in [1.54, 1.807) is 13.8 Å². The third-order valence-electron chi connectivity index (χ3n) is 2.16. The molecule has 2 N–H and O–H groups in total. The van der Waals surface area contributed by atoms with Crippen molar-refractivity contribution in [3.63, 3.8) is 0 Å². The Bertz CT molecular complexity index is 546. The third-order valence-corrected chi connectivity index (χ3v) is 2.16. The van der Waals surface area contributed by atoms with Crippen LogP contribution in [0.1, 0.15) is 19.7 Å². The Balaban J connectivity index is 2.47. The van der Waals surface area contributed by atoms with Crippen molar-refractivity contribution in [1.29, 1.82) is 0 Å². The summed E-state index contributed by atoms with van der Waals surface area (Å²) in [6.45, 7) is 3.37. The fraction of sp³-hybridized carbons (Fsp3) is 0.273. The molecule has 90 valence electrons. The van der Waals surface area contributed by atoms with E-state index in [9.17, 15) is 8.78 Å². The van der Waals surface area contributed by atoms with E-state index in [-0.39, 0.29) is 17.3 Å². The minimum Gasteiger partial charge on any atom is -0.334 e. The van der Waals surface area contributed by atoms with Gasteiger partial charge in [-0.15, -0.1) is 0 Å². The SMILES string of the molecule is CC(C)(N)c1noc(-c2cc(F)ccc2F)n1. The molecule has 0 amide bonds. The normalized spacial score (nSPS) is 11.8. The highest BCUT2D eigenvalue weighted by Crippen LogP contribution is 2.24. The van der Waals surface area contributed by atoms with Gasteiger partial charge in [0.25, 0.3) is 5.89 Å². The van der Waals surface area contributed by atoms with Gasteiger partial charge >= 0.3 is 0 Å². The number of nitrogens with two attached hydrogens (primary N) is 1. The van der Waals surface area contributed by atoms with Gasteiger partial charge in [-0.2, -0.15) is 4.98 Å². The molecule has 0 radical (unpaired) electrons. The summed E-state index contributed by atoms with van der Waals surface area (Å²) in [5, 5.41) is 3.63. The largest absolute Gasteiger partial charge is 0.334 e. The summed E-state index contributed by atoms with van der Waals surface area (Å²) in [4.78, 5) is 3.94. The molecule has 1 heterocycles. The van der Waals surface area contributed by atoms with Gasteiger partial charge in [0.05, 0.1) is 11.1 Å². The van der Waals surface area contributed by atoms with Gasteiger partial charge in [-0.3, -0.25) is 0 Å². The molecule has 0 saturated heterocycles. The van der Waals surface area contributed by atoms with Crippen molar-refractivity contribution in [2.75, 3.05) is 0 Å². The summed E-state index contributed by atoms with van der Waals surface area (Å²) < 4.78 is 31.3. The van der Waals surface area contributed by atoms with E-state index >= 15 is 0 Å². The van der Waals surface area contributed by atoms with Gasteiger partial charge in [0.1, 0.15) is 11.6 Å². The van der Waals surface area contributed by atoms with E-state index in [0.717, 1.165) is 18.2 Å². The fourth-order valence-corrected chi connectivity index (χ4v) is 1.26. The van der Waals surface area contributed by atoms with Crippen molar-refractivity contribution in [1.82, 2.24) is 10.1 Å². The summed E-state index contributed by atoms with van der Waals surface area (Å²) in [6, 6.07) is 3.02. The molecule has 0 spiro atoms. The van der Waals surface area contributed by atoms with Crippen molar-refractivity contribution >= 4 is 0 Å². The van der Waals surface area contributed by atoms with Gasteiger partial charge in [0, 0.05) is 0 Å². The van der Waals surface area contributed by atoms with Crippen molar-refractivity contribution in [3.8, 4) is 11.5 Å². The molecule has 6 heteroatoms. The van der Waals surface area contributed by atoms with Crippen LogP contribution in [0, 0.1) is 11.6 Å². The average Bonchev–Trinajstić information content (AvgIpc) is 2.70. The number of aromatic nitrogens is 2. The Labute approximate surface area is 96.4 Å². The van der Waals surface area contributed by atoms with Crippen molar-refractivity contribution in [2.24, 2.45) is 5.73 Å². The summed E-state index contributed by atoms with van der Waals surface area (Å²) in [5.41, 5.74) is 4.89. The molecule has 2 aromatic rings. The third kappa shape index (κ3) is 2.31. The van der Waals surface area contributed by atoms with Crippen molar-refractivity contribution < 1.29 is 13.3 Å². The molecular formula is C11H11F2N3O. The molecule has 2 rings (SSSR count). The lowest BCUT2D eigenvalue weighted by atomic mass is 10.1. The van der Waals surface area contributed by atoms with Crippen LogP contribution in [-0.4, -0.2) is 10.1 Å². The van der Waals surface area contributed by atoms with Crippen LogP contribution in [0.15, 0.2) is 22.7 Å². The number of nitrogens with zero attached hydrogens (tertiary/aromatic N) is 2. The number of halogens is 2. The Hall–Kier alpha value is -1.82. The molecule has 0 aliphatic rings. The Morgan fingerprint density at radius 2 is 2.00 bits per heavy atom. The zero-order valence-corrected chi connectivity index (χ0v) is 9.37. The van der Waals surface area contributed by atoms with Crippen LogP contribution < -0.4 is 5.73 Å². The van der Waals surface area contributed by atoms with Gasteiger partial charge < -0.3 is 10.3 Å². The molecule has 0 fully saturated rings. The molecule has 1 aromatic heterocycles. The van der Waals surface area contributed by atoms with Gasteiger partial charge in [0.15, 0.2) is 5.82 Å². The zero-order chi connectivity index (χ0) is 12.6. The second kappa shape index (κ2) is 3.89. The molecule has 1 aromatic carbocycles. The van der Waals surface area contributed by atoms with E-state index in [1.807, 2.05) is 0 Å². The minimum atomic E-state index is -0.800. The van der Waals surface area contributed by atoms with E-state index in [0.29, 0.717) is 0 Å². The van der Waals surface area contributed by atoms with Gasteiger partial charge in [-0.1, -0.05) is 5.16 Å². The van der Waals surface area contributed by atoms with E-state index in [1.165, 1.54) is 0 Å². The highest BCUT2D eigenvalue weighted by atomic mass is 19.1. The highest BCUT2D eigenvalue weighted by molar-refractivity contribution is 5.53. The van der Waals surface area contributed by atoms with Crippen LogP contribution in [0.5, 0.6) is 0 Å².